The average molecular weight is 1780 g/mol. The Balaban J connectivity index is 0.681. The van der Waals surface area contributed by atoms with Gasteiger partial charge in [-0.05, 0) is 165 Å². The summed E-state index contributed by atoms with van der Waals surface area (Å²) in [5, 5.41) is 111. The molecular weight excluding hydrogens is 1670 g/mol. The molecule has 2 saturated heterocycles. The van der Waals surface area contributed by atoms with E-state index in [1.807, 2.05) is 52.9 Å². The van der Waals surface area contributed by atoms with E-state index in [2.05, 4.69) is 40.1 Å². The number of hydrogen-bond acceptors (Lipinski definition) is 28. The van der Waals surface area contributed by atoms with E-state index in [1.54, 1.807) is 38.2 Å². The molecule has 3 aromatic heterocycles. The molecule has 3 aromatic carbocycles. The number of carboxylic acids is 2. The summed E-state index contributed by atoms with van der Waals surface area (Å²) in [6.07, 6.45) is -7.51. The van der Waals surface area contributed by atoms with E-state index in [-0.39, 0.29) is 91.1 Å². The molecule has 40 heteroatoms. The minimum atomic E-state index is -4.45. The van der Waals surface area contributed by atoms with Gasteiger partial charge >= 0.3 is 18.0 Å². The molecule has 3 unspecified atom stereocenters. The van der Waals surface area contributed by atoms with Crippen molar-refractivity contribution in [2.24, 2.45) is 22.2 Å². The van der Waals surface area contributed by atoms with E-state index in [0.717, 1.165) is 63.4 Å². The van der Waals surface area contributed by atoms with Crippen molar-refractivity contribution in [3.63, 3.8) is 0 Å². The number of carbonyl (C=O) groups excluding carboxylic acids is 8. The van der Waals surface area contributed by atoms with Crippen LogP contribution in [-0.2, 0) is 95.2 Å². The normalized spacial score (nSPS) is 25.8. The summed E-state index contributed by atoms with van der Waals surface area (Å²) >= 11 is 1.38. The van der Waals surface area contributed by atoms with Gasteiger partial charge in [-0.25, -0.2) is 24.4 Å². The number of aliphatic hydroxyl groups is 7. The predicted molar refractivity (Wildman–Crippen MR) is 447 cm³/mol. The molecule has 4 aliphatic carbocycles. The van der Waals surface area contributed by atoms with Gasteiger partial charge in [0.15, 0.2) is 16.9 Å². The van der Waals surface area contributed by atoms with Crippen LogP contribution in [-0.4, -0.2) is 290 Å². The van der Waals surface area contributed by atoms with Gasteiger partial charge in [0.2, 0.25) is 23.6 Å². The Morgan fingerprint density at radius 3 is 2.21 bits per heavy atom. The fourth-order valence-electron chi connectivity index (χ4n) is 20.0. The summed E-state index contributed by atoms with van der Waals surface area (Å²) in [4.78, 5) is 150. The number of amides is 8. The molecule has 4 saturated carbocycles. The third kappa shape index (κ3) is 20.9. The zero-order valence-corrected chi connectivity index (χ0v) is 71.5. The molecule has 14 rings (SSSR count). The topological polar surface area (TPSA) is 549 Å². The second-order valence-electron chi connectivity index (χ2n) is 35.1. The highest BCUT2D eigenvalue weighted by molar-refractivity contribution is 7.85. The SMILES string of the molecule is Cc1c(-c2ccc(N3CCc4cccc(C(=O)Nc5nc6ccccc6s5)c4C3)nc2C(=O)O)cnn1CC12CC3(C)CC(C)(C1)CC(OCCN(CC[C@@H](O)[C@H](O)[C@H](O)CO)C(=O)OCc1ccc(NC(=O)[C@H](C)NC(=O)C(NC(=O)CN4C(=O)[C@@H](N5C(=O)C=CC5=O)C[C@H]4COCCS(=O)(=O)O)C(C)C)cc1CC[C@@H]1O[C@H](C(=O)O)[C@@H](O)[C@H](O)[C@H]1O)(C3)C2. The number of aromatic carboxylic acids is 1. The van der Waals surface area contributed by atoms with Crippen molar-refractivity contribution in [2.75, 3.05) is 73.9 Å². The Hall–Kier alpha value is -10.3. The molecule has 8 aliphatic rings. The molecule has 7 heterocycles. The molecule has 8 amide bonds. The van der Waals surface area contributed by atoms with Gasteiger partial charge in [0, 0.05) is 79.4 Å². The molecule has 14 N–H and O–H groups in total. The van der Waals surface area contributed by atoms with Crippen molar-refractivity contribution in [1.82, 2.24) is 45.1 Å². The Morgan fingerprint density at radius 2 is 1.52 bits per heavy atom. The minimum Gasteiger partial charge on any atom is -0.479 e. The second kappa shape index (κ2) is 37.7. The fraction of sp³-hybridized carbons (Fsp3) is 0.541. The quantitative estimate of drug-likeness (QED) is 0.0151. The second-order valence-corrected chi connectivity index (χ2v) is 37.7. The maximum Gasteiger partial charge on any atom is 0.410 e. The number of likely N-dealkylation sites (tertiary alicyclic amines) is 1. The molecule has 4 aliphatic heterocycles. The number of aryl methyl sites for hydroxylation is 1. The number of aliphatic carboxylic acids is 1. The van der Waals surface area contributed by atoms with E-state index in [0.29, 0.717) is 83.4 Å². The summed E-state index contributed by atoms with van der Waals surface area (Å²) in [5.41, 5.74) is 3.70. The van der Waals surface area contributed by atoms with Crippen molar-refractivity contribution in [2.45, 2.75) is 210 Å². The molecule has 674 valence electrons. The van der Waals surface area contributed by atoms with E-state index in [4.69, 9.17) is 29.0 Å². The number of anilines is 3. The molecule has 0 spiro atoms. The van der Waals surface area contributed by atoms with Crippen LogP contribution in [0.4, 0.5) is 21.4 Å². The zero-order chi connectivity index (χ0) is 90.1. The number of thiazole rings is 1. The average Bonchev–Trinajstić information content (AvgIpc) is 1.10. The molecule has 4 bridgehead atoms. The van der Waals surface area contributed by atoms with Crippen LogP contribution in [0, 0.1) is 29.1 Å². The first-order valence-electron chi connectivity index (χ1n) is 41.5. The molecule has 6 aromatic rings. The van der Waals surface area contributed by atoms with Crippen LogP contribution < -0.4 is 26.2 Å². The molecule has 6 fully saturated rings. The largest absolute Gasteiger partial charge is 0.479 e. The lowest BCUT2D eigenvalue weighted by molar-refractivity contribution is -0.248. The van der Waals surface area contributed by atoms with Crippen molar-refractivity contribution in [1.29, 1.82) is 0 Å². The highest BCUT2D eigenvalue weighted by Crippen LogP contribution is 2.72. The first kappa shape index (κ1) is 92.3. The number of rotatable bonds is 37. The minimum absolute atomic E-state index is 0.0577. The summed E-state index contributed by atoms with van der Waals surface area (Å²) in [6.45, 7) is 8.68. The fourth-order valence-corrected chi connectivity index (χ4v) is 21.2. The summed E-state index contributed by atoms with van der Waals surface area (Å²) in [7, 11) is -4.45. The Morgan fingerprint density at radius 1 is 0.792 bits per heavy atom. The Kier molecular flexibility index (Phi) is 27.8. The molecular formula is C85H106N12O26S2. The zero-order valence-electron chi connectivity index (χ0n) is 69.8. The van der Waals surface area contributed by atoms with Crippen LogP contribution in [0.5, 0.6) is 0 Å². The smallest absolute Gasteiger partial charge is 0.410 e. The van der Waals surface area contributed by atoms with Crippen molar-refractivity contribution in [3.8, 4) is 11.1 Å². The van der Waals surface area contributed by atoms with Crippen LogP contribution in [0.2, 0.25) is 0 Å². The molecule has 38 nitrogen and oxygen atoms in total. The lowest BCUT2D eigenvalue weighted by Crippen LogP contribution is -2.64. The highest BCUT2D eigenvalue weighted by Gasteiger charge is 2.66. The van der Waals surface area contributed by atoms with Gasteiger partial charge in [0.05, 0.1) is 79.0 Å². The van der Waals surface area contributed by atoms with Crippen molar-refractivity contribution >= 4 is 108 Å². The number of fused-ring (bicyclic) bond motifs is 2. The number of ether oxygens (including phenoxy) is 4. The van der Waals surface area contributed by atoms with Gasteiger partial charge in [0.1, 0.15) is 61.1 Å². The number of aromatic nitrogens is 4. The first-order chi connectivity index (χ1) is 59.1. The lowest BCUT2D eigenvalue weighted by Gasteiger charge is -2.69. The standard InChI is InChI=1S/C85H106N12O26S2/c1-45(2)67(91-64(101)34-95-52(37-120-28-29-125(117,118)119)31-58(77(95)111)97-65(102)20-21-66(97)103)76(110)87-46(3)74(108)88-51-16-14-50(49(30-51)15-18-61-70(105)71(106)72(107)73(123-61)79(114)115)36-121-81(116)93(25-23-59(99)69(104)60(100)35-98)26-27-122-85-41-82(5)38-83(6,42-85)40-84(39-82,43-85)44-96-47(4)55(32-86-96)53-17-19-63(90-68(53)78(112)113)94-24-22-48-10-9-11-54(56(48)33-94)75(109)92-80-89-57-12-7-8-13-62(57)124-80/h7-14,16-17,19-21,30,32,45-46,52,58-61,67,69-73,98-100,104-107H,15,18,22-29,31,33-44H2,1-6H3,(H,87,110)(H,88,108)(H,91,101)(H,112,113)(H,114,115)(H,89,92,109)(H,117,118,119)/t46-,52-,58-,59+,60+,61-,67?,69-,70-,71+,72-,73-,82?,83?,84?,85?/m0/s1. The summed E-state index contributed by atoms with van der Waals surface area (Å²) in [6, 6.07) is 16.1. The maximum absolute atomic E-state index is 14.7. The number of pyridine rings is 1. The van der Waals surface area contributed by atoms with E-state index >= 15 is 0 Å². The lowest BCUT2D eigenvalue weighted by atomic mass is 9.39. The van der Waals surface area contributed by atoms with Gasteiger partial charge in [0.25, 0.3) is 27.8 Å². The number of para-hydroxylation sites is 1. The van der Waals surface area contributed by atoms with Crippen LogP contribution in [0.3, 0.4) is 0 Å². The van der Waals surface area contributed by atoms with Crippen LogP contribution in [0.1, 0.15) is 141 Å². The highest BCUT2D eigenvalue weighted by atomic mass is 32.2. The summed E-state index contributed by atoms with van der Waals surface area (Å²) < 4.78 is 59.0. The monoisotopic (exact) mass is 1770 g/mol. The number of carbonyl (C=O) groups is 10. The van der Waals surface area contributed by atoms with Gasteiger partial charge in [-0.15, -0.1) is 0 Å². The van der Waals surface area contributed by atoms with Gasteiger partial charge < -0.3 is 95.6 Å². The van der Waals surface area contributed by atoms with E-state index in [1.165, 1.54) is 41.4 Å². The van der Waals surface area contributed by atoms with Crippen LogP contribution in [0.25, 0.3) is 21.3 Å². The molecule has 0 radical (unpaired) electrons. The number of hydrogen-bond donors (Lipinski definition) is 14. The number of nitrogens with one attached hydrogen (secondary N) is 4. The van der Waals surface area contributed by atoms with Gasteiger partial charge in [-0.3, -0.25) is 53.0 Å². The van der Waals surface area contributed by atoms with E-state index in [9.17, 15) is 107 Å². The number of aliphatic hydroxyl groups excluding tert-OH is 7. The number of imide groups is 1. The van der Waals surface area contributed by atoms with Crippen molar-refractivity contribution in [3.05, 3.63) is 130 Å². The molecule has 125 heavy (non-hydrogen) atoms. The number of nitrogens with zero attached hydrogens (tertiary/aromatic N) is 8. The Labute approximate surface area is 723 Å². The first-order valence-corrected chi connectivity index (χ1v) is 43.9. The number of carboxylic acid groups (broad SMARTS) is 2. The third-order valence-corrected chi connectivity index (χ3v) is 26.6. The molecule has 14 atom stereocenters. The predicted octanol–water partition coefficient (Wildman–Crippen LogP) is 2.87. The van der Waals surface area contributed by atoms with Crippen LogP contribution >= 0.6 is 11.3 Å². The third-order valence-electron chi connectivity index (χ3n) is 24.9. The van der Waals surface area contributed by atoms with Gasteiger partial charge in [-0.1, -0.05) is 69.4 Å². The van der Waals surface area contributed by atoms with E-state index < -0.39 is 180 Å². The Bertz CT molecular complexity index is 5210. The number of benzene rings is 3. The van der Waals surface area contributed by atoms with Gasteiger partial charge in [-0.2, -0.15) is 13.5 Å². The maximum atomic E-state index is 14.7. The van der Waals surface area contributed by atoms with Crippen LogP contribution in [0.15, 0.2) is 91.1 Å². The summed E-state index contributed by atoms with van der Waals surface area (Å²) in [5.74, 6) is -9.14. The van der Waals surface area contributed by atoms with Crippen molar-refractivity contribution < 1.29 is 126 Å².